The summed E-state index contributed by atoms with van der Waals surface area (Å²) in [6, 6.07) is 6.01. The molecule has 16 heteroatoms. The average Bonchev–Trinajstić information content (AvgIpc) is 3.74. The van der Waals surface area contributed by atoms with Crippen molar-refractivity contribution >= 4 is 58.8 Å². The molecule has 1 aromatic carbocycles. The number of aromatic nitrogens is 3. The van der Waals surface area contributed by atoms with Crippen LogP contribution in [0.1, 0.15) is 71.5 Å². The summed E-state index contributed by atoms with van der Waals surface area (Å²) in [5, 5.41) is 18.5. The minimum absolute atomic E-state index is 0.00422. The molecule has 0 aliphatic carbocycles. The van der Waals surface area contributed by atoms with Crippen molar-refractivity contribution in [2.24, 2.45) is 4.99 Å². The average molecular weight is 707 g/mol. The van der Waals surface area contributed by atoms with Gasteiger partial charge in [-0.2, -0.15) is 0 Å². The molecule has 6 rings (SSSR count). The van der Waals surface area contributed by atoms with E-state index in [-0.39, 0.29) is 30.6 Å². The second-order valence-corrected chi connectivity index (χ2v) is 13.3. The number of esters is 1. The lowest BCUT2D eigenvalue weighted by Gasteiger charge is -2.29. The number of aryl methyl sites for hydroxylation is 1. The molecular weight excluding hydrogens is 672 g/mol. The molecule has 0 saturated carbocycles. The van der Waals surface area contributed by atoms with Crippen LogP contribution in [0.2, 0.25) is 5.02 Å². The fourth-order valence-electron chi connectivity index (χ4n) is 6.09. The van der Waals surface area contributed by atoms with Gasteiger partial charge in [-0.25, -0.2) is 0 Å². The van der Waals surface area contributed by atoms with E-state index in [1.54, 1.807) is 18.3 Å². The maximum atomic E-state index is 13.7. The van der Waals surface area contributed by atoms with Crippen LogP contribution in [-0.2, 0) is 23.9 Å². The van der Waals surface area contributed by atoms with E-state index >= 15 is 0 Å². The van der Waals surface area contributed by atoms with Crippen LogP contribution in [0.25, 0.3) is 16.1 Å². The van der Waals surface area contributed by atoms with Gasteiger partial charge in [-0.05, 0) is 50.3 Å². The number of benzene rings is 1. The van der Waals surface area contributed by atoms with Gasteiger partial charge < -0.3 is 20.3 Å². The number of thiophene rings is 1. The van der Waals surface area contributed by atoms with E-state index in [2.05, 4.69) is 26.1 Å². The fourth-order valence-corrected chi connectivity index (χ4v) is 7.49. The van der Waals surface area contributed by atoms with Crippen LogP contribution < -0.4 is 16.0 Å². The Bertz CT molecular complexity index is 1870. The Kier molecular flexibility index (Phi) is 10.2. The van der Waals surface area contributed by atoms with Gasteiger partial charge in [0.1, 0.15) is 27.8 Å². The molecule has 1 unspecified atom stereocenters. The topological polar surface area (TPSA) is 177 Å². The van der Waals surface area contributed by atoms with Crippen LogP contribution in [0.15, 0.2) is 41.0 Å². The number of amides is 4. The number of hydrogen-bond donors (Lipinski definition) is 3. The van der Waals surface area contributed by atoms with Gasteiger partial charge >= 0.3 is 5.97 Å². The first kappa shape index (κ1) is 34.0. The summed E-state index contributed by atoms with van der Waals surface area (Å²) >= 11 is 7.50. The van der Waals surface area contributed by atoms with Crippen LogP contribution in [0.3, 0.4) is 0 Å². The van der Waals surface area contributed by atoms with E-state index in [0.29, 0.717) is 53.2 Å². The molecule has 3 aliphatic rings. The van der Waals surface area contributed by atoms with Crippen molar-refractivity contribution in [2.75, 3.05) is 26.7 Å². The van der Waals surface area contributed by atoms with Gasteiger partial charge in [0, 0.05) is 53.6 Å². The SMILES string of the molecule is COC(=O)C[C@@H]1N=Cc2c(sc(C(=O)NCCCCCNC3=CC(=O)N(C4CCC(=O)NC4=O)C3)c2-c2ccc(Cl)cc2)-n2c(C)nnc21. The lowest BCUT2D eigenvalue weighted by atomic mass is 10.0. The summed E-state index contributed by atoms with van der Waals surface area (Å²) in [6.45, 7) is 3.20. The van der Waals surface area contributed by atoms with E-state index in [9.17, 15) is 24.0 Å². The van der Waals surface area contributed by atoms with Crippen LogP contribution in [-0.4, -0.2) is 88.3 Å². The summed E-state index contributed by atoms with van der Waals surface area (Å²) in [6.07, 6.45) is 6.10. The maximum absolute atomic E-state index is 13.7. The molecule has 1 saturated heterocycles. The number of unbranched alkanes of at least 4 members (excludes halogenated alkanes) is 2. The Balaban J connectivity index is 1.08. The van der Waals surface area contributed by atoms with Gasteiger partial charge in [-0.3, -0.25) is 38.8 Å². The summed E-state index contributed by atoms with van der Waals surface area (Å²) in [5.41, 5.74) is 2.95. The molecule has 2 atom stereocenters. The summed E-state index contributed by atoms with van der Waals surface area (Å²) < 4.78 is 6.73. The number of halogens is 1. The van der Waals surface area contributed by atoms with E-state index in [1.165, 1.54) is 29.4 Å². The number of ether oxygens (including phenoxy) is 1. The van der Waals surface area contributed by atoms with Gasteiger partial charge in [0.25, 0.3) is 5.91 Å². The Morgan fingerprint density at radius 2 is 1.88 bits per heavy atom. The first-order valence-electron chi connectivity index (χ1n) is 16.0. The summed E-state index contributed by atoms with van der Waals surface area (Å²) in [4.78, 5) is 68.7. The molecule has 0 spiro atoms. The van der Waals surface area contributed by atoms with Crippen LogP contribution in [0.5, 0.6) is 0 Å². The number of carbonyl (C=O) groups is 5. The number of hydrogen-bond acceptors (Lipinski definition) is 11. The molecule has 0 radical (unpaired) electrons. The van der Waals surface area contributed by atoms with Crippen LogP contribution >= 0.6 is 22.9 Å². The highest BCUT2D eigenvalue weighted by Crippen LogP contribution is 2.42. The zero-order chi connectivity index (χ0) is 34.7. The third kappa shape index (κ3) is 7.27. The quantitative estimate of drug-likeness (QED) is 0.145. The van der Waals surface area contributed by atoms with Crippen molar-refractivity contribution in [3.63, 3.8) is 0 Å². The van der Waals surface area contributed by atoms with Crippen LogP contribution in [0, 0.1) is 6.92 Å². The van der Waals surface area contributed by atoms with Crippen molar-refractivity contribution in [1.82, 2.24) is 35.6 Å². The van der Waals surface area contributed by atoms with E-state index in [1.807, 2.05) is 23.6 Å². The molecule has 3 aromatic rings. The fraction of sp³-hybridized carbons (Fsp3) is 0.394. The van der Waals surface area contributed by atoms with Crippen molar-refractivity contribution < 1.29 is 28.7 Å². The second kappa shape index (κ2) is 14.7. The number of imide groups is 1. The number of nitrogens with zero attached hydrogens (tertiary/aromatic N) is 5. The minimum atomic E-state index is -0.638. The van der Waals surface area contributed by atoms with Crippen molar-refractivity contribution in [2.45, 2.75) is 57.5 Å². The monoisotopic (exact) mass is 706 g/mol. The normalized spacial score (nSPS) is 18.4. The Morgan fingerprint density at radius 1 is 1.10 bits per heavy atom. The highest BCUT2D eigenvalue weighted by atomic mass is 35.5. The second-order valence-electron chi connectivity index (χ2n) is 11.9. The third-order valence-corrected chi connectivity index (χ3v) is 10.0. The Morgan fingerprint density at radius 3 is 2.63 bits per heavy atom. The molecule has 256 valence electrons. The third-order valence-electron chi connectivity index (χ3n) is 8.59. The lowest BCUT2D eigenvalue weighted by molar-refractivity contribution is -0.142. The van der Waals surface area contributed by atoms with Gasteiger partial charge in [-0.1, -0.05) is 23.7 Å². The number of methoxy groups -OCH3 is 1. The predicted molar refractivity (Wildman–Crippen MR) is 182 cm³/mol. The molecule has 3 N–H and O–H groups in total. The molecule has 5 heterocycles. The van der Waals surface area contributed by atoms with Crippen molar-refractivity contribution in [3.8, 4) is 16.1 Å². The zero-order valence-electron chi connectivity index (χ0n) is 27.0. The number of nitrogens with one attached hydrogen (secondary N) is 3. The molecular formula is C33H35ClN8O6S. The molecule has 14 nitrogen and oxygen atoms in total. The smallest absolute Gasteiger partial charge is 0.308 e. The van der Waals surface area contributed by atoms with Gasteiger partial charge in [0.05, 0.1) is 20.1 Å². The maximum Gasteiger partial charge on any atom is 0.308 e. The summed E-state index contributed by atoms with van der Waals surface area (Å²) in [7, 11) is 1.33. The standard InChI is InChI=1S/C33H35ClN8O6S/c1-18-39-40-30-23(15-27(45)48-2)37-16-22-28(19-6-8-20(34)9-7-19)29(49-33(22)42(18)30)32(47)36-13-5-3-4-12-35-21-14-26(44)41(17-21)24-10-11-25(43)38-31(24)46/h6-9,14,16,23-24,35H,3-5,10-13,15,17H2,1-2H3,(H,36,47)(H,38,43,46)/t23-,24?/m0/s1. The molecule has 4 amide bonds. The first-order valence-corrected chi connectivity index (χ1v) is 17.2. The highest BCUT2D eigenvalue weighted by Gasteiger charge is 2.37. The Labute approximate surface area is 290 Å². The number of piperidine rings is 1. The molecule has 0 bridgehead atoms. The first-order chi connectivity index (χ1) is 23.6. The van der Waals surface area contributed by atoms with Gasteiger partial charge in [-0.15, -0.1) is 21.5 Å². The van der Waals surface area contributed by atoms with Gasteiger partial charge in [0.2, 0.25) is 17.7 Å². The van der Waals surface area contributed by atoms with Crippen molar-refractivity contribution in [3.05, 3.63) is 63.2 Å². The van der Waals surface area contributed by atoms with E-state index in [4.69, 9.17) is 21.3 Å². The Hall–Kier alpha value is -4.89. The zero-order valence-corrected chi connectivity index (χ0v) is 28.5. The van der Waals surface area contributed by atoms with Gasteiger partial charge in [0.15, 0.2) is 5.82 Å². The minimum Gasteiger partial charge on any atom is -0.469 e. The van der Waals surface area contributed by atoms with Crippen molar-refractivity contribution in [1.29, 1.82) is 0 Å². The predicted octanol–water partition coefficient (Wildman–Crippen LogP) is 3.02. The summed E-state index contributed by atoms with van der Waals surface area (Å²) in [5.74, 6) is -0.551. The highest BCUT2D eigenvalue weighted by molar-refractivity contribution is 7.17. The van der Waals surface area contributed by atoms with E-state index in [0.717, 1.165) is 41.1 Å². The van der Waals surface area contributed by atoms with Crippen LogP contribution in [0.4, 0.5) is 0 Å². The largest absolute Gasteiger partial charge is 0.469 e. The molecule has 3 aliphatic heterocycles. The number of fused-ring (bicyclic) bond motifs is 3. The van der Waals surface area contributed by atoms with E-state index < -0.39 is 24.0 Å². The molecule has 49 heavy (non-hydrogen) atoms. The molecule has 2 aromatic heterocycles. The number of rotatable bonds is 12. The number of carbonyl (C=O) groups excluding carboxylic acids is 5. The molecule has 1 fully saturated rings. The number of aliphatic imine (C=N–C) groups is 1. The lowest BCUT2D eigenvalue weighted by Crippen LogP contribution is -2.53.